The molecule has 0 aliphatic carbocycles. The summed E-state index contributed by atoms with van der Waals surface area (Å²) in [6.45, 7) is 8.48. The Morgan fingerprint density at radius 1 is 0.603 bits per heavy atom. The number of esters is 4. The lowest BCUT2D eigenvalue weighted by atomic mass is 10.2. The van der Waals surface area contributed by atoms with Crippen LogP contribution in [0.4, 0.5) is 5.13 Å². The molecule has 0 radical (unpaired) electrons. The van der Waals surface area contributed by atoms with Crippen LogP contribution < -0.4 is 24.4 Å². The highest BCUT2D eigenvalue weighted by molar-refractivity contribution is 7.22. The monoisotopic (exact) mass is 891 g/mol. The molecule has 63 heavy (non-hydrogen) atoms. The van der Waals surface area contributed by atoms with Gasteiger partial charge in [-0.25, -0.2) is 24.2 Å². The molecule has 0 unspecified atom stereocenters. The Labute approximate surface area is 371 Å². The molecular formula is C46H45N5O10S2. The minimum Gasteiger partial charge on any atom is -0.494 e. The van der Waals surface area contributed by atoms with Gasteiger partial charge in [-0.3, -0.25) is 5.43 Å². The minimum absolute atomic E-state index is 0.170. The molecule has 4 aromatic carbocycles. The Bertz CT molecular complexity index is 2490. The number of benzene rings is 4. The Balaban J connectivity index is 1.05. The molecule has 0 aliphatic rings. The van der Waals surface area contributed by atoms with Crippen LogP contribution in [0.15, 0.2) is 109 Å². The van der Waals surface area contributed by atoms with Crippen molar-refractivity contribution in [2.24, 2.45) is 5.10 Å². The average molecular weight is 892 g/mol. The Hall–Kier alpha value is -6.98. The summed E-state index contributed by atoms with van der Waals surface area (Å²) in [4.78, 5) is 53.4. The largest absolute Gasteiger partial charge is 0.494 e. The van der Waals surface area contributed by atoms with Gasteiger partial charge in [0.05, 0.1) is 65.7 Å². The summed E-state index contributed by atoms with van der Waals surface area (Å²) in [5.74, 6) is -0.476. The quantitative estimate of drug-likeness (QED) is 0.0143. The number of carbonyl (C=O) groups excluding carboxylic acids is 4. The first-order chi connectivity index (χ1) is 30.8. The van der Waals surface area contributed by atoms with Crippen molar-refractivity contribution in [2.45, 2.75) is 51.4 Å². The van der Waals surface area contributed by atoms with E-state index in [-0.39, 0.29) is 11.5 Å². The number of nitrogens with one attached hydrogen (secondary N) is 1. The van der Waals surface area contributed by atoms with E-state index in [1.165, 1.54) is 29.7 Å². The minimum atomic E-state index is -0.617. The number of anilines is 1. The third-order valence-corrected chi connectivity index (χ3v) is 10.6. The van der Waals surface area contributed by atoms with Crippen LogP contribution in [0.25, 0.3) is 21.3 Å². The normalized spacial score (nSPS) is 11.0. The molecule has 0 fully saturated rings. The molecular weight excluding hydrogens is 847 g/mol. The van der Waals surface area contributed by atoms with Gasteiger partial charge in [0.1, 0.15) is 34.0 Å². The summed E-state index contributed by atoms with van der Waals surface area (Å²) in [6.07, 6.45) is 10.5. The van der Waals surface area contributed by atoms with E-state index in [0.717, 1.165) is 96.5 Å². The maximum Gasteiger partial charge on any atom is 0.343 e. The van der Waals surface area contributed by atoms with Crippen molar-refractivity contribution in [1.82, 2.24) is 13.7 Å². The fourth-order valence-corrected chi connectivity index (χ4v) is 7.19. The molecule has 0 saturated heterocycles. The van der Waals surface area contributed by atoms with Crippen LogP contribution in [0.1, 0.15) is 77.6 Å². The predicted octanol–water partition coefficient (Wildman–Crippen LogP) is 9.52. The number of rotatable bonds is 25. The summed E-state index contributed by atoms with van der Waals surface area (Å²) < 4.78 is 42.7. The molecule has 0 saturated carbocycles. The Kier molecular flexibility index (Phi) is 17.3. The lowest BCUT2D eigenvalue weighted by Gasteiger charge is -2.11. The number of hydrogen-bond donors (Lipinski definition) is 1. The van der Waals surface area contributed by atoms with Crippen molar-refractivity contribution in [2.75, 3.05) is 31.9 Å². The molecule has 6 aromatic rings. The zero-order valence-corrected chi connectivity index (χ0v) is 36.0. The van der Waals surface area contributed by atoms with E-state index >= 15 is 0 Å². The van der Waals surface area contributed by atoms with Crippen molar-refractivity contribution >= 4 is 79.5 Å². The molecule has 1 N–H and O–H groups in total. The number of nitrogens with zero attached hydrogens (tertiary/aromatic N) is 4. The summed E-state index contributed by atoms with van der Waals surface area (Å²) in [7, 11) is 0. The van der Waals surface area contributed by atoms with Crippen LogP contribution in [0.3, 0.4) is 0 Å². The first kappa shape index (κ1) is 45.5. The number of hydrazone groups is 1. The van der Waals surface area contributed by atoms with Gasteiger partial charge >= 0.3 is 23.9 Å². The lowest BCUT2D eigenvalue weighted by Crippen LogP contribution is -2.11. The lowest BCUT2D eigenvalue weighted by molar-refractivity contribution is -0.138. The van der Waals surface area contributed by atoms with E-state index in [4.69, 9.17) is 28.4 Å². The van der Waals surface area contributed by atoms with Crippen LogP contribution in [0.5, 0.6) is 23.0 Å². The van der Waals surface area contributed by atoms with Crippen LogP contribution in [-0.4, -0.2) is 70.3 Å². The van der Waals surface area contributed by atoms with Crippen LogP contribution in [0.2, 0.25) is 0 Å². The van der Waals surface area contributed by atoms with Crippen molar-refractivity contribution < 1.29 is 47.6 Å². The second-order valence-electron chi connectivity index (χ2n) is 13.8. The first-order valence-corrected chi connectivity index (χ1v) is 21.8. The Morgan fingerprint density at radius 3 is 1.70 bits per heavy atom. The van der Waals surface area contributed by atoms with Crippen molar-refractivity contribution in [3.63, 3.8) is 0 Å². The summed E-state index contributed by atoms with van der Waals surface area (Å²) >= 11 is 2.53. The van der Waals surface area contributed by atoms with Crippen molar-refractivity contribution in [3.8, 4) is 23.0 Å². The van der Waals surface area contributed by atoms with E-state index in [9.17, 15) is 19.2 Å². The van der Waals surface area contributed by atoms with Gasteiger partial charge < -0.3 is 28.4 Å². The van der Waals surface area contributed by atoms with Crippen LogP contribution in [-0.2, 0) is 19.1 Å². The molecule has 0 bridgehead atoms. The molecule has 0 spiro atoms. The van der Waals surface area contributed by atoms with Gasteiger partial charge in [0, 0.05) is 17.7 Å². The third kappa shape index (κ3) is 14.3. The second-order valence-corrected chi connectivity index (χ2v) is 15.3. The molecule has 2 heterocycles. The SMILES string of the molecule is C=CC(=O)OCCCCCCOc1ccc(C(=O)Oc2ccc(OC(=O)c3ccc(OCCCCCCOC(=O)C=C)cc3)c(/C=N/Nc3nc4cc5nsnc5cc4s3)c2)cc1. The first-order valence-electron chi connectivity index (χ1n) is 20.2. The molecule has 17 heteroatoms. The number of carbonyl (C=O) groups is 4. The molecule has 326 valence electrons. The molecule has 0 aliphatic heterocycles. The highest BCUT2D eigenvalue weighted by Gasteiger charge is 2.16. The number of hydrogen-bond acceptors (Lipinski definition) is 17. The van der Waals surface area contributed by atoms with Gasteiger partial charge in [-0.1, -0.05) is 24.5 Å². The highest BCUT2D eigenvalue weighted by atomic mass is 32.1. The van der Waals surface area contributed by atoms with Gasteiger partial charge in [0.25, 0.3) is 0 Å². The van der Waals surface area contributed by atoms with Crippen LogP contribution >= 0.6 is 23.1 Å². The molecule has 6 rings (SSSR count). The summed E-state index contributed by atoms with van der Waals surface area (Å²) in [5, 5.41) is 4.88. The molecule has 15 nitrogen and oxygen atoms in total. The molecule has 0 amide bonds. The summed E-state index contributed by atoms with van der Waals surface area (Å²) in [5.41, 5.74) is 6.18. The maximum atomic E-state index is 13.3. The fourth-order valence-electron chi connectivity index (χ4n) is 5.85. The number of thiazole rings is 1. The van der Waals surface area contributed by atoms with Crippen LogP contribution in [0, 0.1) is 0 Å². The zero-order chi connectivity index (χ0) is 44.2. The fraction of sp³-hybridized carbons (Fsp3) is 0.261. The predicted molar refractivity (Wildman–Crippen MR) is 241 cm³/mol. The van der Waals surface area contributed by atoms with E-state index in [2.05, 4.69) is 37.4 Å². The smallest absolute Gasteiger partial charge is 0.343 e. The number of ether oxygens (including phenoxy) is 6. The second kappa shape index (κ2) is 23.9. The Morgan fingerprint density at radius 2 is 1.13 bits per heavy atom. The number of aromatic nitrogens is 3. The molecule has 2 aromatic heterocycles. The van der Waals surface area contributed by atoms with Gasteiger partial charge in [-0.05, 0) is 130 Å². The topological polar surface area (TPSA) is 187 Å². The van der Waals surface area contributed by atoms with Gasteiger partial charge in [-0.2, -0.15) is 13.8 Å². The third-order valence-electron chi connectivity index (χ3n) is 9.14. The van der Waals surface area contributed by atoms with Gasteiger partial charge in [0.15, 0.2) is 0 Å². The van der Waals surface area contributed by atoms with Gasteiger partial charge in [-0.15, -0.1) is 0 Å². The van der Waals surface area contributed by atoms with E-state index < -0.39 is 23.9 Å². The number of unbranched alkanes of at least 4 members (excludes halogenated alkanes) is 6. The van der Waals surface area contributed by atoms with E-state index in [0.29, 0.717) is 59.7 Å². The van der Waals surface area contributed by atoms with E-state index in [1.54, 1.807) is 54.6 Å². The standard InChI is InChI=1S/C46H45N5O10S2/c1-3-42(52)58-25-11-7-5-9-23-56-34-17-13-31(14-18-34)44(54)60-36-21-22-40(33(27-36)30-47-49-46-48-39-28-37-38(51-63-50-37)29-41(39)62-46)61-45(55)32-15-19-35(20-16-32)57-24-10-6-8-12-26-59-43(53)4-2/h3-4,13-22,27-30H,1-2,5-12,23-26H2,(H,48,49)/b47-30+. The van der Waals surface area contributed by atoms with Crippen molar-refractivity contribution in [1.29, 1.82) is 0 Å². The maximum absolute atomic E-state index is 13.3. The summed E-state index contributed by atoms with van der Waals surface area (Å²) in [6, 6.07) is 21.6. The zero-order valence-electron chi connectivity index (χ0n) is 34.3. The highest BCUT2D eigenvalue weighted by Crippen LogP contribution is 2.30. The van der Waals surface area contributed by atoms with Gasteiger partial charge in [0.2, 0.25) is 5.13 Å². The van der Waals surface area contributed by atoms with Crippen molar-refractivity contribution in [3.05, 3.63) is 121 Å². The average Bonchev–Trinajstić information content (AvgIpc) is 3.93. The van der Waals surface area contributed by atoms with E-state index in [1.807, 2.05) is 12.1 Å². The molecule has 0 atom stereocenters. The number of fused-ring (bicyclic) bond motifs is 2.